The molecule has 1 aliphatic rings. The number of carbonyl (C=O) groups is 1. The minimum absolute atomic E-state index is 0.144. The van der Waals surface area contributed by atoms with Gasteiger partial charge in [-0.15, -0.1) is 0 Å². The number of rotatable bonds is 4. The Labute approximate surface area is 148 Å². The van der Waals surface area contributed by atoms with Crippen LogP contribution in [-0.4, -0.2) is 12.5 Å². The van der Waals surface area contributed by atoms with Crippen LogP contribution in [-0.2, 0) is 24.2 Å². The molecule has 1 amide bonds. The van der Waals surface area contributed by atoms with Crippen molar-refractivity contribution in [2.45, 2.75) is 19.4 Å². The summed E-state index contributed by atoms with van der Waals surface area (Å²) in [5, 5.41) is 0. The molecule has 4 rings (SSSR count). The minimum Gasteiger partial charge on any atom is -0.306 e. The molecule has 2 aromatic carbocycles. The Balaban J connectivity index is 1.42. The summed E-state index contributed by atoms with van der Waals surface area (Å²) < 4.78 is 1.96. The summed E-state index contributed by atoms with van der Waals surface area (Å²) in [7, 11) is 0. The Hall–Kier alpha value is -2.94. The van der Waals surface area contributed by atoms with Crippen LogP contribution in [0.3, 0.4) is 0 Å². The molecule has 0 atom stereocenters. The van der Waals surface area contributed by atoms with E-state index in [2.05, 4.69) is 42.5 Å². The van der Waals surface area contributed by atoms with Gasteiger partial charge in [0.1, 0.15) is 0 Å². The second kappa shape index (κ2) is 6.89. The van der Waals surface area contributed by atoms with Gasteiger partial charge >= 0.3 is 0 Å². The number of pyridine rings is 1. The van der Waals surface area contributed by atoms with Gasteiger partial charge in [0.05, 0.1) is 0 Å². The van der Waals surface area contributed by atoms with E-state index in [-0.39, 0.29) is 5.91 Å². The van der Waals surface area contributed by atoms with Crippen LogP contribution in [0, 0.1) is 0 Å². The molecule has 0 aliphatic carbocycles. The maximum atomic E-state index is 12.7. The van der Waals surface area contributed by atoms with Crippen molar-refractivity contribution < 1.29 is 9.36 Å². The number of anilines is 1. The van der Waals surface area contributed by atoms with Gasteiger partial charge in [0, 0.05) is 24.4 Å². The van der Waals surface area contributed by atoms with Crippen LogP contribution in [0.4, 0.5) is 5.69 Å². The number of para-hydroxylation sites is 1. The van der Waals surface area contributed by atoms with E-state index in [0.717, 1.165) is 25.1 Å². The molecular weight excluding hydrogens is 308 g/mol. The number of nitrogens with zero attached hydrogens (tertiary/aromatic N) is 2. The molecule has 3 heteroatoms. The van der Waals surface area contributed by atoms with E-state index in [9.17, 15) is 4.79 Å². The summed E-state index contributed by atoms with van der Waals surface area (Å²) in [6.45, 7) is 1.16. The average Bonchev–Trinajstić information content (AvgIpc) is 3.08. The molecule has 0 saturated carbocycles. The lowest BCUT2D eigenvalue weighted by Gasteiger charge is -2.15. The molecule has 1 aromatic heterocycles. The van der Waals surface area contributed by atoms with Gasteiger partial charge < -0.3 is 4.90 Å². The zero-order valence-corrected chi connectivity index (χ0v) is 14.1. The first-order chi connectivity index (χ1) is 12.3. The normalized spacial score (nSPS) is 12.9. The zero-order chi connectivity index (χ0) is 17.1. The molecule has 0 N–H and O–H groups in total. The molecule has 0 radical (unpaired) electrons. The van der Waals surface area contributed by atoms with E-state index < -0.39 is 0 Å². The Morgan fingerprint density at radius 2 is 1.56 bits per heavy atom. The van der Waals surface area contributed by atoms with Gasteiger partial charge in [-0.05, 0) is 35.6 Å². The first-order valence-electron chi connectivity index (χ1n) is 8.70. The molecule has 0 spiro atoms. The van der Waals surface area contributed by atoms with Crippen LogP contribution in [0.2, 0.25) is 0 Å². The Morgan fingerprint density at radius 3 is 2.36 bits per heavy atom. The summed E-state index contributed by atoms with van der Waals surface area (Å²) in [5.74, 6) is 0.144. The highest BCUT2D eigenvalue weighted by Gasteiger charge is 2.26. The SMILES string of the molecule is O=C(C[n+]1ccc(Cc2ccccc2)cc1)N1CCc2ccccc21. The summed E-state index contributed by atoms with van der Waals surface area (Å²) in [4.78, 5) is 14.6. The molecule has 1 aliphatic heterocycles. The minimum atomic E-state index is 0.144. The predicted octanol–water partition coefficient (Wildman–Crippen LogP) is 3.15. The molecule has 25 heavy (non-hydrogen) atoms. The van der Waals surface area contributed by atoms with Gasteiger partial charge in [0.15, 0.2) is 12.4 Å². The second-order valence-electron chi connectivity index (χ2n) is 6.47. The van der Waals surface area contributed by atoms with Crippen molar-refractivity contribution in [2.75, 3.05) is 11.4 Å². The van der Waals surface area contributed by atoms with Gasteiger partial charge in [-0.2, -0.15) is 4.57 Å². The van der Waals surface area contributed by atoms with E-state index in [4.69, 9.17) is 0 Å². The predicted molar refractivity (Wildman–Crippen MR) is 98.4 cm³/mol. The Morgan fingerprint density at radius 1 is 0.880 bits per heavy atom. The van der Waals surface area contributed by atoms with Crippen molar-refractivity contribution in [3.05, 3.63) is 95.8 Å². The van der Waals surface area contributed by atoms with E-state index >= 15 is 0 Å². The van der Waals surface area contributed by atoms with Crippen LogP contribution >= 0.6 is 0 Å². The fourth-order valence-corrected chi connectivity index (χ4v) is 3.38. The molecule has 0 unspecified atom stereocenters. The first kappa shape index (κ1) is 15.6. The number of carbonyl (C=O) groups excluding carboxylic acids is 1. The van der Waals surface area contributed by atoms with Crippen molar-refractivity contribution >= 4 is 11.6 Å². The second-order valence-corrected chi connectivity index (χ2v) is 6.47. The van der Waals surface area contributed by atoms with Crippen molar-refractivity contribution in [3.8, 4) is 0 Å². The van der Waals surface area contributed by atoms with Crippen LogP contribution in [0.5, 0.6) is 0 Å². The Kier molecular flexibility index (Phi) is 4.30. The fraction of sp³-hybridized carbons (Fsp3) is 0.182. The molecule has 2 heterocycles. The highest BCUT2D eigenvalue weighted by Crippen LogP contribution is 2.27. The number of benzene rings is 2. The Bertz CT molecular complexity index is 872. The number of hydrogen-bond acceptors (Lipinski definition) is 1. The lowest BCUT2D eigenvalue weighted by molar-refractivity contribution is -0.684. The topological polar surface area (TPSA) is 24.2 Å². The van der Waals surface area contributed by atoms with Gasteiger partial charge in [-0.1, -0.05) is 48.5 Å². The van der Waals surface area contributed by atoms with Crippen molar-refractivity contribution in [2.24, 2.45) is 0 Å². The highest BCUT2D eigenvalue weighted by atomic mass is 16.2. The average molecular weight is 329 g/mol. The lowest BCUT2D eigenvalue weighted by Crippen LogP contribution is -2.44. The maximum Gasteiger partial charge on any atom is 0.292 e. The quantitative estimate of drug-likeness (QED) is 0.675. The third-order valence-corrected chi connectivity index (χ3v) is 4.72. The number of fused-ring (bicyclic) bond motifs is 1. The van der Waals surface area contributed by atoms with Crippen LogP contribution in [0.1, 0.15) is 16.7 Å². The van der Waals surface area contributed by atoms with E-state index in [1.807, 2.05) is 46.1 Å². The fourth-order valence-electron chi connectivity index (χ4n) is 3.38. The van der Waals surface area contributed by atoms with E-state index in [1.165, 1.54) is 16.7 Å². The summed E-state index contributed by atoms with van der Waals surface area (Å²) in [6.07, 6.45) is 5.86. The van der Waals surface area contributed by atoms with Crippen LogP contribution in [0.15, 0.2) is 79.1 Å². The summed E-state index contributed by atoms with van der Waals surface area (Å²) in [5.41, 5.74) is 4.87. The van der Waals surface area contributed by atoms with Gasteiger partial charge in [0.2, 0.25) is 6.54 Å². The van der Waals surface area contributed by atoms with Crippen LogP contribution < -0.4 is 9.47 Å². The summed E-state index contributed by atoms with van der Waals surface area (Å²) in [6, 6.07) is 22.8. The third-order valence-electron chi connectivity index (χ3n) is 4.72. The van der Waals surface area contributed by atoms with Gasteiger partial charge in [-0.25, -0.2) is 0 Å². The molecule has 3 aromatic rings. The van der Waals surface area contributed by atoms with Crippen molar-refractivity contribution in [1.29, 1.82) is 0 Å². The molecule has 124 valence electrons. The molecule has 0 fully saturated rings. The zero-order valence-electron chi connectivity index (χ0n) is 14.1. The summed E-state index contributed by atoms with van der Waals surface area (Å²) >= 11 is 0. The third kappa shape index (κ3) is 3.45. The number of aromatic nitrogens is 1. The van der Waals surface area contributed by atoms with Crippen molar-refractivity contribution in [3.63, 3.8) is 0 Å². The van der Waals surface area contributed by atoms with Crippen LogP contribution in [0.25, 0.3) is 0 Å². The van der Waals surface area contributed by atoms with Crippen molar-refractivity contribution in [1.82, 2.24) is 0 Å². The molecule has 0 bridgehead atoms. The largest absolute Gasteiger partial charge is 0.306 e. The lowest BCUT2D eigenvalue weighted by atomic mass is 10.1. The smallest absolute Gasteiger partial charge is 0.292 e. The highest BCUT2D eigenvalue weighted by molar-refractivity contribution is 5.94. The molecule has 0 saturated heterocycles. The van der Waals surface area contributed by atoms with Gasteiger partial charge in [-0.3, -0.25) is 4.79 Å². The first-order valence-corrected chi connectivity index (χ1v) is 8.70. The van der Waals surface area contributed by atoms with E-state index in [1.54, 1.807) is 0 Å². The number of amides is 1. The van der Waals surface area contributed by atoms with E-state index in [0.29, 0.717) is 6.54 Å². The standard InChI is InChI=1S/C22H21N2O/c25-22(24-15-12-20-8-4-5-9-21(20)24)17-23-13-10-19(11-14-23)16-18-6-2-1-3-7-18/h1-11,13-14H,12,15-17H2/q+1. The molecular formula is C22H21N2O+. The number of hydrogen-bond donors (Lipinski definition) is 0. The monoisotopic (exact) mass is 329 g/mol. The van der Waals surface area contributed by atoms with Gasteiger partial charge in [0.25, 0.3) is 5.91 Å². The maximum absolute atomic E-state index is 12.7. The molecule has 3 nitrogen and oxygen atoms in total.